The zero-order valence-electron chi connectivity index (χ0n) is 15.2. The first kappa shape index (κ1) is 19.5. The molecular weight excluding hydrogens is 330 g/mol. The molecule has 0 aliphatic heterocycles. The number of amides is 1. The van der Waals surface area contributed by atoms with Crippen molar-refractivity contribution in [2.45, 2.75) is 26.2 Å². The van der Waals surface area contributed by atoms with E-state index in [0.717, 1.165) is 12.2 Å². The number of aromatic carboxylic acids is 1. The summed E-state index contributed by atoms with van der Waals surface area (Å²) in [7, 11) is 1.64. The minimum Gasteiger partial charge on any atom is -0.497 e. The van der Waals surface area contributed by atoms with Crippen LogP contribution in [0.3, 0.4) is 0 Å². The summed E-state index contributed by atoms with van der Waals surface area (Å²) in [5.41, 5.74) is 2.14. The predicted octanol–water partition coefficient (Wildman–Crippen LogP) is 3.32. The van der Waals surface area contributed by atoms with Gasteiger partial charge in [0.1, 0.15) is 5.75 Å². The molecule has 26 heavy (non-hydrogen) atoms. The molecule has 1 atom stereocenters. The van der Waals surface area contributed by atoms with Crippen LogP contribution in [-0.4, -0.2) is 30.6 Å². The van der Waals surface area contributed by atoms with Crippen LogP contribution >= 0.6 is 0 Å². The summed E-state index contributed by atoms with van der Waals surface area (Å²) in [6.45, 7) is 2.68. The SMILES string of the molecule is COc1ccc(CC(C)CNC(=O)CCc2ccccc2C(=O)O)cc1. The first-order valence-corrected chi connectivity index (χ1v) is 8.70. The van der Waals surface area contributed by atoms with Crippen molar-refractivity contribution in [2.75, 3.05) is 13.7 Å². The maximum absolute atomic E-state index is 12.1. The molecule has 0 aliphatic rings. The molecule has 1 amide bonds. The van der Waals surface area contributed by atoms with Crippen molar-refractivity contribution in [3.8, 4) is 5.75 Å². The van der Waals surface area contributed by atoms with E-state index in [0.29, 0.717) is 24.4 Å². The number of hydrogen-bond donors (Lipinski definition) is 2. The summed E-state index contributed by atoms with van der Waals surface area (Å²) in [6, 6.07) is 14.7. The van der Waals surface area contributed by atoms with Crippen LogP contribution < -0.4 is 10.1 Å². The molecule has 138 valence electrons. The fourth-order valence-electron chi connectivity index (χ4n) is 2.81. The van der Waals surface area contributed by atoms with Crippen molar-refractivity contribution in [3.63, 3.8) is 0 Å². The molecule has 1 unspecified atom stereocenters. The molecule has 0 aliphatic carbocycles. The van der Waals surface area contributed by atoms with Gasteiger partial charge < -0.3 is 15.2 Å². The highest BCUT2D eigenvalue weighted by atomic mass is 16.5. The van der Waals surface area contributed by atoms with E-state index < -0.39 is 5.97 Å². The summed E-state index contributed by atoms with van der Waals surface area (Å²) in [4.78, 5) is 23.2. The first-order valence-electron chi connectivity index (χ1n) is 8.70. The minimum atomic E-state index is -0.964. The van der Waals surface area contributed by atoms with Crippen LogP contribution in [0.15, 0.2) is 48.5 Å². The Morgan fingerprint density at radius 1 is 1.12 bits per heavy atom. The molecule has 0 saturated heterocycles. The zero-order chi connectivity index (χ0) is 18.9. The average molecular weight is 355 g/mol. The fourth-order valence-corrected chi connectivity index (χ4v) is 2.81. The van der Waals surface area contributed by atoms with Gasteiger partial charge >= 0.3 is 5.97 Å². The lowest BCUT2D eigenvalue weighted by Crippen LogP contribution is -2.29. The lowest BCUT2D eigenvalue weighted by molar-refractivity contribution is -0.121. The van der Waals surface area contributed by atoms with Gasteiger partial charge in [-0.25, -0.2) is 4.79 Å². The molecule has 0 fully saturated rings. The van der Waals surface area contributed by atoms with Gasteiger partial charge in [0.05, 0.1) is 12.7 Å². The molecule has 2 rings (SSSR count). The van der Waals surface area contributed by atoms with Crippen LogP contribution in [0.2, 0.25) is 0 Å². The number of carboxylic acids is 1. The molecule has 0 radical (unpaired) electrons. The van der Waals surface area contributed by atoms with E-state index in [1.165, 1.54) is 5.56 Å². The lowest BCUT2D eigenvalue weighted by atomic mass is 10.0. The van der Waals surface area contributed by atoms with Gasteiger partial charge in [-0.3, -0.25) is 4.79 Å². The Morgan fingerprint density at radius 3 is 2.46 bits per heavy atom. The van der Waals surface area contributed by atoms with Crippen LogP contribution in [-0.2, 0) is 17.6 Å². The van der Waals surface area contributed by atoms with E-state index in [-0.39, 0.29) is 17.9 Å². The van der Waals surface area contributed by atoms with Gasteiger partial charge in [-0.1, -0.05) is 37.3 Å². The summed E-state index contributed by atoms with van der Waals surface area (Å²) >= 11 is 0. The highest BCUT2D eigenvalue weighted by molar-refractivity contribution is 5.89. The number of nitrogens with one attached hydrogen (secondary N) is 1. The molecule has 2 N–H and O–H groups in total. The van der Waals surface area contributed by atoms with Gasteiger partial charge in [0.25, 0.3) is 0 Å². The largest absolute Gasteiger partial charge is 0.497 e. The predicted molar refractivity (Wildman–Crippen MR) is 101 cm³/mol. The molecular formula is C21H25NO4. The lowest BCUT2D eigenvalue weighted by Gasteiger charge is -2.13. The second-order valence-electron chi connectivity index (χ2n) is 6.42. The number of carbonyl (C=O) groups is 2. The summed E-state index contributed by atoms with van der Waals surface area (Å²) in [5.74, 6) is 0.107. The molecule has 2 aromatic rings. The summed E-state index contributed by atoms with van der Waals surface area (Å²) in [5, 5.41) is 12.1. The Bertz CT molecular complexity index is 740. The smallest absolute Gasteiger partial charge is 0.335 e. The Labute approximate surface area is 154 Å². The Hall–Kier alpha value is -2.82. The van der Waals surface area contributed by atoms with E-state index in [9.17, 15) is 14.7 Å². The second kappa shape index (κ2) is 9.61. The van der Waals surface area contributed by atoms with Crippen molar-refractivity contribution in [2.24, 2.45) is 5.92 Å². The van der Waals surface area contributed by atoms with Crippen molar-refractivity contribution in [1.29, 1.82) is 0 Å². The van der Waals surface area contributed by atoms with Gasteiger partial charge in [0, 0.05) is 13.0 Å². The van der Waals surface area contributed by atoms with Crippen LogP contribution in [0.4, 0.5) is 0 Å². The first-order chi connectivity index (χ1) is 12.5. The summed E-state index contributed by atoms with van der Waals surface area (Å²) < 4.78 is 5.15. The summed E-state index contributed by atoms with van der Waals surface area (Å²) in [6.07, 6.45) is 1.56. The van der Waals surface area contributed by atoms with Crippen LogP contribution in [0.1, 0.15) is 34.8 Å². The molecule has 2 aromatic carbocycles. The highest BCUT2D eigenvalue weighted by Gasteiger charge is 2.11. The highest BCUT2D eigenvalue weighted by Crippen LogP contribution is 2.15. The molecule has 0 heterocycles. The Balaban J connectivity index is 1.76. The minimum absolute atomic E-state index is 0.0632. The van der Waals surface area contributed by atoms with Crippen molar-refractivity contribution in [3.05, 3.63) is 65.2 Å². The van der Waals surface area contributed by atoms with Crippen LogP contribution in [0.25, 0.3) is 0 Å². The Kier molecular flexibility index (Phi) is 7.21. The number of aryl methyl sites for hydroxylation is 1. The monoisotopic (exact) mass is 355 g/mol. The van der Waals surface area contributed by atoms with E-state index in [1.54, 1.807) is 31.4 Å². The number of carboxylic acid groups (broad SMARTS) is 1. The quantitative estimate of drug-likeness (QED) is 0.723. The third kappa shape index (κ3) is 5.92. The number of methoxy groups -OCH3 is 1. The molecule has 0 saturated carbocycles. The van der Waals surface area contributed by atoms with E-state index >= 15 is 0 Å². The van der Waals surface area contributed by atoms with Gasteiger partial charge in [-0.2, -0.15) is 0 Å². The molecule has 5 nitrogen and oxygen atoms in total. The molecule has 0 aromatic heterocycles. The average Bonchev–Trinajstić information content (AvgIpc) is 2.65. The normalized spacial score (nSPS) is 11.6. The Morgan fingerprint density at radius 2 is 1.81 bits per heavy atom. The van der Waals surface area contributed by atoms with Gasteiger partial charge in [0.2, 0.25) is 5.91 Å². The maximum Gasteiger partial charge on any atom is 0.335 e. The van der Waals surface area contributed by atoms with Crippen LogP contribution in [0, 0.1) is 5.92 Å². The van der Waals surface area contributed by atoms with E-state index in [1.807, 2.05) is 24.3 Å². The number of hydrogen-bond acceptors (Lipinski definition) is 3. The second-order valence-corrected chi connectivity index (χ2v) is 6.42. The third-order valence-electron chi connectivity index (χ3n) is 4.26. The topological polar surface area (TPSA) is 75.6 Å². The van der Waals surface area contributed by atoms with Crippen molar-refractivity contribution >= 4 is 11.9 Å². The zero-order valence-corrected chi connectivity index (χ0v) is 15.2. The number of rotatable bonds is 9. The van der Waals surface area contributed by atoms with Gasteiger partial charge in [-0.15, -0.1) is 0 Å². The van der Waals surface area contributed by atoms with Crippen molar-refractivity contribution < 1.29 is 19.4 Å². The third-order valence-corrected chi connectivity index (χ3v) is 4.26. The molecule has 0 bridgehead atoms. The van der Waals surface area contributed by atoms with Crippen molar-refractivity contribution in [1.82, 2.24) is 5.32 Å². The maximum atomic E-state index is 12.1. The molecule has 5 heteroatoms. The fraction of sp³-hybridized carbons (Fsp3) is 0.333. The van der Waals surface area contributed by atoms with Gasteiger partial charge in [-0.05, 0) is 48.1 Å². The van der Waals surface area contributed by atoms with Crippen LogP contribution in [0.5, 0.6) is 5.75 Å². The number of carbonyl (C=O) groups excluding carboxylic acids is 1. The standard InChI is InChI=1S/C21H25NO4/c1-15(13-16-7-10-18(26-2)11-8-16)14-22-20(23)12-9-17-5-3-4-6-19(17)21(24)25/h3-8,10-11,15H,9,12-14H2,1-2H3,(H,22,23)(H,24,25). The molecule has 0 spiro atoms. The van der Waals surface area contributed by atoms with Gasteiger partial charge in [0.15, 0.2) is 0 Å². The number of benzene rings is 2. The van der Waals surface area contributed by atoms with E-state index in [2.05, 4.69) is 12.2 Å². The van der Waals surface area contributed by atoms with E-state index in [4.69, 9.17) is 4.74 Å². The number of ether oxygens (including phenoxy) is 1.